The summed E-state index contributed by atoms with van der Waals surface area (Å²) in [6.45, 7) is 1.75. The number of aryl methyl sites for hydroxylation is 1. The summed E-state index contributed by atoms with van der Waals surface area (Å²) in [4.78, 5) is 40.3. The average Bonchev–Trinajstić information content (AvgIpc) is 2.85. The summed E-state index contributed by atoms with van der Waals surface area (Å²) >= 11 is 1.41. The molecule has 0 aromatic carbocycles. The van der Waals surface area contributed by atoms with Crippen LogP contribution in [0.4, 0.5) is 0 Å². The van der Waals surface area contributed by atoms with Gasteiger partial charge in [-0.2, -0.15) is 0 Å². The number of thiazole rings is 1. The summed E-state index contributed by atoms with van der Waals surface area (Å²) in [5.41, 5.74) is 0.447. The maximum Gasteiger partial charge on any atom is 0.322 e. The van der Waals surface area contributed by atoms with Gasteiger partial charge in [-0.15, -0.1) is 11.3 Å². The molecular formula is C13H15N3O5S. The molecule has 0 saturated carbocycles. The minimum absolute atomic E-state index is 0.145. The molecule has 0 fully saturated rings. The smallest absolute Gasteiger partial charge is 0.322 e. The van der Waals surface area contributed by atoms with Gasteiger partial charge in [-0.1, -0.05) is 0 Å². The van der Waals surface area contributed by atoms with Crippen molar-refractivity contribution < 1.29 is 24.6 Å². The third kappa shape index (κ3) is 3.61. The van der Waals surface area contributed by atoms with Gasteiger partial charge in [0.25, 0.3) is 11.8 Å². The van der Waals surface area contributed by atoms with E-state index in [0.717, 1.165) is 10.7 Å². The van der Waals surface area contributed by atoms with E-state index in [-0.39, 0.29) is 25.3 Å². The summed E-state index contributed by atoms with van der Waals surface area (Å²) in [7, 11) is 0. The molecule has 1 aromatic rings. The average molecular weight is 325 g/mol. The molecule has 0 saturated heterocycles. The van der Waals surface area contributed by atoms with Crippen LogP contribution in [-0.2, 0) is 20.9 Å². The van der Waals surface area contributed by atoms with Gasteiger partial charge in [0.2, 0.25) is 0 Å². The lowest BCUT2D eigenvalue weighted by molar-refractivity contribution is -0.138. The van der Waals surface area contributed by atoms with Crippen LogP contribution in [0.1, 0.15) is 17.1 Å². The van der Waals surface area contributed by atoms with Gasteiger partial charge < -0.3 is 20.4 Å². The highest BCUT2D eigenvalue weighted by Gasteiger charge is 2.32. The molecule has 0 radical (unpaired) electrons. The van der Waals surface area contributed by atoms with Gasteiger partial charge in [0.1, 0.15) is 22.9 Å². The number of aliphatic hydroxyl groups excluding tert-OH is 1. The van der Waals surface area contributed by atoms with Crippen molar-refractivity contribution in [1.29, 1.82) is 0 Å². The number of nitrogens with one attached hydrogen (secondary N) is 1. The predicted octanol–water partition coefficient (Wildman–Crippen LogP) is 0.197. The Hall–Kier alpha value is -2.42. The molecule has 3 N–H and O–H groups in total. The van der Waals surface area contributed by atoms with Gasteiger partial charge in [-0.3, -0.25) is 14.4 Å². The molecule has 0 bridgehead atoms. The number of carbonyl (C=O) groups excluding carboxylic acids is 2. The normalized spacial score (nSPS) is 15.1. The fourth-order valence-electron chi connectivity index (χ4n) is 2.01. The van der Waals surface area contributed by atoms with E-state index in [2.05, 4.69) is 10.3 Å². The molecule has 0 spiro atoms. The number of aromatic nitrogens is 1. The Morgan fingerprint density at radius 3 is 2.82 bits per heavy atom. The van der Waals surface area contributed by atoms with Crippen LogP contribution in [0.15, 0.2) is 16.7 Å². The lowest BCUT2D eigenvalue weighted by Crippen LogP contribution is -2.43. The van der Waals surface area contributed by atoms with E-state index in [1.54, 1.807) is 0 Å². The van der Waals surface area contributed by atoms with E-state index >= 15 is 0 Å². The third-order valence-corrected chi connectivity index (χ3v) is 3.98. The van der Waals surface area contributed by atoms with E-state index in [9.17, 15) is 19.5 Å². The first-order valence-electron chi connectivity index (χ1n) is 6.51. The highest BCUT2D eigenvalue weighted by molar-refractivity contribution is 7.09. The molecule has 22 heavy (non-hydrogen) atoms. The van der Waals surface area contributed by atoms with Gasteiger partial charge in [0.15, 0.2) is 0 Å². The number of hydrogen-bond donors (Lipinski definition) is 3. The van der Waals surface area contributed by atoms with E-state index in [0.29, 0.717) is 0 Å². The Morgan fingerprint density at radius 1 is 1.50 bits per heavy atom. The molecule has 2 heterocycles. The molecule has 118 valence electrons. The first-order valence-corrected chi connectivity index (χ1v) is 7.39. The zero-order valence-electron chi connectivity index (χ0n) is 11.8. The summed E-state index contributed by atoms with van der Waals surface area (Å²) in [5, 5.41) is 23.0. The number of aliphatic hydroxyl groups is 1. The number of nitrogens with zero attached hydrogens (tertiary/aromatic N) is 2. The van der Waals surface area contributed by atoms with Crippen LogP contribution in [-0.4, -0.2) is 51.0 Å². The molecule has 1 aliphatic rings. The van der Waals surface area contributed by atoms with Crippen molar-refractivity contribution in [2.75, 3.05) is 13.1 Å². The molecule has 0 aliphatic carbocycles. The van der Waals surface area contributed by atoms with Crippen LogP contribution in [0.3, 0.4) is 0 Å². The molecule has 8 nitrogen and oxygen atoms in total. The van der Waals surface area contributed by atoms with Crippen LogP contribution >= 0.6 is 11.3 Å². The lowest BCUT2D eigenvalue weighted by Gasteiger charge is -2.27. The molecule has 1 aromatic heterocycles. The van der Waals surface area contributed by atoms with Crippen molar-refractivity contribution in [3.05, 3.63) is 27.4 Å². The number of hydrogen-bond acceptors (Lipinski definition) is 6. The quantitative estimate of drug-likeness (QED) is 0.665. The molecule has 1 aliphatic heterocycles. The van der Waals surface area contributed by atoms with Crippen molar-refractivity contribution >= 4 is 29.1 Å². The van der Waals surface area contributed by atoms with Crippen molar-refractivity contribution in [1.82, 2.24) is 15.2 Å². The first-order chi connectivity index (χ1) is 10.4. The van der Waals surface area contributed by atoms with Gasteiger partial charge in [0, 0.05) is 24.0 Å². The fraction of sp³-hybridized carbons (Fsp3) is 0.385. The second kappa shape index (κ2) is 6.56. The van der Waals surface area contributed by atoms with Gasteiger partial charge >= 0.3 is 5.97 Å². The standard InChI is InChI=1S/C13H15N3O5S/c1-7-6-22-9(15-7)5-16-3-2-8(17)11(13(16)21)12(20)14-4-10(18)19/h6,17H,2-5H2,1H3,(H,14,20)(H,18,19). The van der Waals surface area contributed by atoms with Crippen molar-refractivity contribution in [2.24, 2.45) is 0 Å². The van der Waals surface area contributed by atoms with E-state index in [4.69, 9.17) is 5.11 Å². The zero-order valence-corrected chi connectivity index (χ0v) is 12.6. The Labute approximate surface area is 130 Å². The van der Waals surface area contributed by atoms with Crippen LogP contribution < -0.4 is 5.32 Å². The van der Waals surface area contributed by atoms with Crippen LogP contribution in [0, 0.1) is 6.92 Å². The number of carboxylic acid groups (broad SMARTS) is 1. The highest BCUT2D eigenvalue weighted by Crippen LogP contribution is 2.21. The lowest BCUT2D eigenvalue weighted by atomic mass is 10.1. The number of carboxylic acids is 1. The minimum atomic E-state index is -1.23. The number of carbonyl (C=O) groups is 3. The third-order valence-electron chi connectivity index (χ3n) is 3.03. The van der Waals surface area contributed by atoms with E-state index < -0.39 is 29.9 Å². The largest absolute Gasteiger partial charge is 0.511 e. The topological polar surface area (TPSA) is 120 Å². The van der Waals surface area contributed by atoms with E-state index in [1.807, 2.05) is 12.3 Å². The first kappa shape index (κ1) is 16.0. The highest BCUT2D eigenvalue weighted by atomic mass is 32.1. The summed E-state index contributed by atoms with van der Waals surface area (Å²) < 4.78 is 0. The van der Waals surface area contributed by atoms with Gasteiger partial charge in [0.05, 0.1) is 6.54 Å². The van der Waals surface area contributed by atoms with E-state index in [1.165, 1.54) is 16.2 Å². The Kier molecular flexibility index (Phi) is 4.76. The van der Waals surface area contributed by atoms with Crippen molar-refractivity contribution in [3.63, 3.8) is 0 Å². The van der Waals surface area contributed by atoms with Crippen molar-refractivity contribution in [3.8, 4) is 0 Å². The Bertz CT molecular complexity index is 652. The monoisotopic (exact) mass is 325 g/mol. The molecule has 0 unspecified atom stereocenters. The Balaban J connectivity index is 2.10. The SMILES string of the molecule is Cc1csc(CN2CCC(O)=C(C(=O)NCC(=O)O)C2=O)n1. The van der Waals surface area contributed by atoms with Crippen molar-refractivity contribution in [2.45, 2.75) is 19.9 Å². The maximum absolute atomic E-state index is 12.3. The molecule has 2 amide bonds. The molecule has 2 rings (SSSR count). The maximum atomic E-state index is 12.3. The minimum Gasteiger partial charge on any atom is -0.511 e. The number of aliphatic carboxylic acids is 1. The van der Waals surface area contributed by atoms with Gasteiger partial charge in [-0.25, -0.2) is 4.98 Å². The molecular weight excluding hydrogens is 310 g/mol. The Morgan fingerprint density at radius 2 is 2.23 bits per heavy atom. The van der Waals surface area contributed by atoms with Crippen LogP contribution in [0.25, 0.3) is 0 Å². The number of amides is 2. The number of rotatable bonds is 5. The zero-order chi connectivity index (χ0) is 16.3. The second-order valence-electron chi connectivity index (χ2n) is 4.76. The summed E-state index contributed by atoms with van der Waals surface area (Å²) in [6, 6.07) is 0. The molecule has 0 atom stereocenters. The molecule has 9 heteroatoms. The summed E-state index contributed by atoms with van der Waals surface area (Å²) in [5.74, 6) is -3.06. The van der Waals surface area contributed by atoms with Crippen LogP contribution in [0.5, 0.6) is 0 Å². The fourth-order valence-corrected chi connectivity index (χ4v) is 2.80. The summed E-state index contributed by atoms with van der Waals surface area (Å²) in [6.07, 6.45) is 0.145. The van der Waals surface area contributed by atoms with Crippen LogP contribution in [0.2, 0.25) is 0 Å². The second-order valence-corrected chi connectivity index (χ2v) is 5.70. The van der Waals surface area contributed by atoms with Gasteiger partial charge in [-0.05, 0) is 6.92 Å². The predicted molar refractivity (Wildman–Crippen MR) is 77.2 cm³/mol.